The van der Waals surface area contributed by atoms with Crippen molar-refractivity contribution in [2.24, 2.45) is 0 Å². The van der Waals surface area contributed by atoms with Crippen LogP contribution in [0.15, 0.2) is 58.2 Å². The highest BCUT2D eigenvalue weighted by Crippen LogP contribution is 2.29. The van der Waals surface area contributed by atoms with Crippen molar-refractivity contribution in [3.8, 4) is 0 Å². The number of fused-ring (bicyclic) bond motifs is 1. The molecule has 37 heavy (non-hydrogen) atoms. The number of nitrogens with zero attached hydrogens (tertiary/aromatic N) is 5. The number of methoxy groups -OCH3 is 1. The predicted molar refractivity (Wildman–Crippen MR) is 135 cm³/mol. The molecule has 0 aliphatic carbocycles. The van der Waals surface area contributed by atoms with Crippen LogP contribution in [0.5, 0.6) is 0 Å². The molecule has 11 nitrogen and oxygen atoms in total. The van der Waals surface area contributed by atoms with Gasteiger partial charge >= 0.3 is 5.97 Å². The van der Waals surface area contributed by atoms with Gasteiger partial charge in [0.2, 0.25) is 10.0 Å². The largest absolute Gasteiger partial charge is 0.465 e. The van der Waals surface area contributed by atoms with Crippen LogP contribution < -0.4 is 5.56 Å². The van der Waals surface area contributed by atoms with Crippen LogP contribution in [0.3, 0.4) is 0 Å². The molecule has 0 amide bonds. The quantitative estimate of drug-likeness (QED) is 0.380. The molecule has 1 aliphatic heterocycles. The smallest absolute Gasteiger partial charge is 0.337 e. The second kappa shape index (κ2) is 9.87. The van der Waals surface area contributed by atoms with Crippen molar-refractivity contribution < 1.29 is 17.9 Å². The van der Waals surface area contributed by atoms with E-state index in [0.29, 0.717) is 37.4 Å². The lowest BCUT2D eigenvalue weighted by atomic mass is 9.99. The van der Waals surface area contributed by atoms with E-state index in [9.17, 15) is 18.0 Å². The Hall–Kier alpha value is -3.90. The average Bonchev–Trinajstić information content (AvgIpc) is 3.32. The molecule has 0 saturated carbocycles. The summed E-state index contributed by atoms with van der Waals surface area (Å²) in [6, 6.07) is 13.6. The maximum Gasteiger partial charge on any atom is 0.337 e. The fraction of sp³-hybridized carbons (Fsp3) is 0.320. The topological polar surface area (TPSA) is 140 Å². The number of nitrogens with one attached hydrogen (secondary N) is 1. The van der Waals surface area contributed by atoms with Crippen molar-refractivity contribution >= 4 is 27.2 Å². The van der Waals surface area contributed by atoms with Crippen LogP contribution in [-0.4, -0.2) is 63.9 Å². The fourth-order valence-electron chi connectivity index (χ4n) is 4.46. The molecule has 5 rings (SSSR count). The van der Waals surface area contributed by atoms with Gasteiger partial charge in [0, 0.05) is 19.0 Å². The van der Waals surface area contributed by atoms with E-state index in [0.717, 1.165) is 11.1 Å². The van der Waals surface area contributed by atoms with Gasteiger partial charge in [-0.25, -0.2) is 22.9 Å². The highest BCUT2D eigenvalue weighted by atomic mass is 32.2. The molecule has 1 aliphatic rings. The summed E-state index contributed by atoms with van der Waals surface area (Å²) in [4.78, 5) is 32.0. The van der Waals surface area contributed by atoms with Crippen molar-refractivity contribution in [2.45, 2.75) is 37.1 Å². The van der Waals surface area contributed by atoms with E-state index in [2.05, 4.69) is 25.0 Å². The van der Waals surface area contributed by atoms with Crippen molar-refractivity contribution in [1.82, 2.24) is 29.3 Å². The van der Waals surface area contributed by atoms with E-state index < -0.39 is 21.6 Å². The van der Waals surface area contributed by atoms with Crippen LogP contribution in [0.2, 0.25) is 0 Å². The second-order valence-electron chi connectivity index (χ2n) is 9.07. The standard InChI is InChI=1S/C25H26N6O5S/c1-16-5-7-17(8-6-16)14-31-23-21(28-29-31)24(32)27-22(26-23)19-4-3-13-30(15-19)37(34,35)20-11-9-18(10-12-20)25(33)36-2/h5-12,19H,3-4,13-15H2,1-2H3,(H,26,27,32)/t19-/m1/s1. The number of ether oxygens (including phenoxy) is 1. The molecule has 0 bridgehead atoms. The SMILES string of the molecule is COC(=O)c1ccc(S(=O)(=O)N2CCC[C@@H](c3nc4c(nnn4Cc4ccc(C)cc4)c(=O)[nH]3)C2)cc1. The number of hydrogen-bond acceptors (Lipinski definition) is 8. The van der Waals surface area contributed by atoms with Crippen molar-refractivity contribution in [3.05, 3.63) is 81.4 Å². The van der Waals surface area contributed by atoms with Crippen molar-refractivity contribution in [2.75, 3.05) is 20.2 Å². The highest BCUT2D eigenvalue weighted by Gasteiger charge is 2.32. The molecule has 1 fully saturated rings. The zero-order valence-electron chi connectivity index (χ0n) is 20.4. The summed E-state index contributed by atoms with van der Waals surface area (Å²) in [7, 11) is -2.55. The molecule has 1 atom stereocenters. The minimum atomic E-state index is -3.81. The third-order valence-electron chi connectivity index (χ3n) is 6.53. The molecule has 1 N–H and O–H groups in total. The van der Waals surface area contributed by atoms with Gasteiger partial charge in [0.25, 0.3) is 5.56 Å². The van der Waals surface area contributed by atoms with Gasteiger partial charge in [0.05, 0.1) is 24.1 Å². The Morgan fingerprint density at radius 3 is 2.57 bits per heavy atom. The van der Waals surface area contributed by atoms with Crippen molar-refractivity contribution in [1.29, 1.82) is 0 Å². The molecular formula is C25H26N6O5S. The summed E-state index contributed by atoms with van der Waals surface area (Å²) in [5.41, 5.74) is 2.49. The van der Waals surface area contributed by atoms with E-state index >= 15 is 0 Å². The van der Waals surface area contributed by atoms with Gasteiger partial charge in [-0.15, -0.1) is 5.10 Å². The summed E-state index contributed by atoms with van der Waals surface area (Å²) in [5.74, 6) is -0.438. The number of carbonyl (C=O) groups excluding carboxylic acids is 1. The Morgan fingerprint density at radius 2 is 1.86 bits per heavy atom. The lowest BCUT2D eigenvalue weighted by Gasteiger charge is -2.31. The van der Waals surface area contributed by atoms with E-state index in [-0.39, 0.29) is 28.4 Å². The number of hydrogen-bond donors (Lipinski definition) is 1. The number of aromatic nitrogens is 5. The Balaban J connectivity index is 1.41. The van der Waals surface area contributed by atoms with Crippen LogP contribution in [0.1, 0.15) is 46.1 Å². The minimum absolute atomic E-state index is 0.0816. The fourth-order valence-corrected chi connectivity index (χ4v) is 5.99. The Kier molecular flexibility index (Phi) is 6.61. The molecule has 12 heteroatoms. The first-order chi connectivity index (χ1) is 17.8. The second-order valence-corrected chi connectivity index (χ2v) is 11.0. The number of carbonyl (C=O) groups is 1. The first kappa shape index (κ1) is 24.8. The third-order valence-corrected chi connectivity index (χ3v) is 8.41. The molecular weight excluding hydrogens is 496 g/mol. The number of aromatic amines is 1. The summed E-state index contributed by atoms with van der Waals surface area (Å²) in [6.07, 6.45) is 1.27. The van der Waals surface area contributed by atoms with Gasteiger partial charge in [0.15, 0.2) is 11.2 Å². The summed E-state index contributed by atoms with van der Waals surface area (Å²) in [6.45, 7) is 2.92. The predicted octanol–water partition coefficient (Wildman–Crippen LogP) is 2.23. The number of benzene rings is 2. The first-order valence-electron chi connectivity index (χ1n) is 11.8. The molecule has 0 spiro atoms. The zero-order valence-corrected chi connectivity index (χ0v) is 21.2. The Morgan fingerprint density at radius 1 is 1.14 bits per heavy atom. The van der Waals surface area contributed by atoms with Crippen LogP contribution in [0.25, 0.3) is 11.2 Å². The van der Waals surface area contributed by atoms with Gasteiger partial charge in [-0.05, 0) is 49.6 Å². The monoisotopic (exact) mass is 522 g/mol. The summed E-state index contributed by atoms with van der Waals surface area (Å²) in [5, 5.41) is 8.13. The molecule has 4 aromatic rings. The number of sulfonamides is 1. The minimum Gasteiger partial charge on any atom is -0.465 e. The van der Waals surface area contributed by atoms with Crippen LogP contribution in [-0.2, 0) is 21.3 Å². The molecule has 2 aromatic carbocycles. The molecule has 0 unspecified atom stereocenters. The summed E-state index contributed by atoms with van der Waals surface area (Å²) >= 11 is 0. The van der Waals surface area contributed by atoms with E-state index in [1.807, 2.05) is 31.2 Å². The molecule has 2 aromatic heterocycles. The van der Waals surface area contributed by atoms with E-state index in [4.69, 9.17) is 0 Å². The molecule has 1 saturated heterocycles. The number of piperidine rings is 1. The Labute approximate surface area is 213 Å². The first-order valence-corrected chi connectivity index (χ1v) is 13.3. The number of aryl methyl sites for hydroxylation is 1. The number of rotatable bonds is 6. The lowest BCUT2D eigenvalue weighted by Crippen LogP contribution is -2.39. The Bertz CT molecular complexity index is 1610. The zero-order chi connectivity index (χ0) is 26.2. The molecule has 0 radical (unpaired) electrons. The van der Waals surface area contributed by atoms with Gasteiger partial charge in [-0.1, -0.05) is 35.0 Å². The van der Waals surface area contributed by atoms with E-state index in [1.165, 1.54) is 35.7 Å². The summed E-state index contributed by atoms with van der Waals surface area (Å²) < 4.78 is 34.3. The number of esters is 1. The van der Waals surface area contributed by atoms with Gasteiger partial charge in [-0.2, -0.15) is 4.31 Å². The average molecular weight is 523 g/mol. The van der Waals surface area contributed by atoms with E-state index in [1.54, 1.807) is 4.68 Å². The van der Waals surface area contributed by atoms with Gasteiger partial charge < -0.3 is 9.72 Å². The van der Waals surface area contributed by atoms with Gasteiger partial charge in [-0.3, -0.25) is 4.79 Å². The van der Waals surface area contributed by atoms with Crippen molar-refractivity contribution in [3.63, 3.8) is 0 Å². The third kappa shape index (κ3) is 4.89. The van der Waals surface area contributed by atoms with Crippen LogP contribution >= 0.6 is 0 Å². The highest BCUT2D eigenvalue weighted by molar-refractivity contribution is 7.89. The maximum absolute atomic E-state index is 13.3. The normalized spacial score (nSPS) is 16.6. The maximum atomic E-state index is 13.3. The molecule has 3 heterocycles. The lowest BCUT2D eigenvalue weighted by molar-refractivity contribution is 0.0600. The molecule has 192 valence electrons. The number of H-pyrrole nitrogens is 1. The van der Waals surface area contributed by atoms with Crippen LogP contribution in [0.4, 0.5) is 0 Å². The van der Waals surface area contributed by atoms with Crippen LogP contribution in [0, 0.1) is 6.92 Å². The van der Waals surface area contributed by atoms with Gasteiger partial charge in [0.1, 0.15) is 5.82 Å².